The molecule has 1 unspecified atom stereocenters. The lowest BCUT2D eigenvalue weighted by Crippen LogP contribution is -2.41. The van der Waals surface area contributed by atoms with E-state index in [-0.39, 0.29) is 19.0 Å². The number of hydrogen-bond acceptors (Lipinski definition) is 6. The molecule has 1 fully saturated rings. The highest BCUT2D eigenvalue weighted by Gasteiger charge is 2.41. The molecule has 1 N–H and O–H groups in total. The summed E-state index contributed by atoms with van der Waals surface area (Å²) >= 11 is 0.892. The van der Waals surface area contributed by atoms with Crippen LogP contribution < -0.4 is 5.32 Å². The molecule has 8 heteroatoms. The third kappa shape index (κ3) is 3.16. The first-order valence-corrected chi connectivity index (χ1v) is 9.64. The molecular formula is C20H17N3O4S. The third-order valence-electron chi connectivity index (χ3n) is 4.67. The Balaban J connectivity index is 1.42. The number of thioether (sulfide) groups is 1. The minimum absolute atomic E-state index is 0.0257. The van der Waals surface area contributed by atoms with E-state index in [1.54, 1.807) is 24.3 Å². The molecule has 1 saturated heterocycles. The van der Waals surface area contributed by atoms with Gasteiger partial charge in [-0.2, -0.15) is 0 Å². The second kappa shape index (κ2) is 7.12. The van der Waals surface area contributed by atoms with E-state index in [0.717, 1.165) is 32.8 Å². The number of imide groups is 2. The Bertz CT molecular complexity index is 971. The van der Waals surface area contributed by atoms with Gasteiger partial charge in [0.25, 0.3) is 23.0 Å². The number of hydrogen-bond donors (Lipinski definition) is 1. The van der Waals surface area contributed by atoms with Crippen molar-refractivity contribution in [3.63, 3.8) is 0 Å². The van der Waals surface area contributed by atoms with E-state index in [4.69, 9.17) is 0 Å². The quantitative estimate of drug-likeness (QED) is 0.784. The Morgan fingerprint density at radius 3 is 2.18 bits per heavy atom. The van der Waals surface area contributed by atoms with Gasteiger partial charge in [0.15, 0.2) is 5.37 Å². The van der Waals surface area contributed by atoms with Gasteiger partial charge in [0, 0.05) is 18.8 Å². The number of rotatable bonds is 5. The summed E-state index contributed by atoms with van der Waals surface area (Å²) in [5.74, 6) is -1.18. The Labute approximate surface area is 165 Å². The maximum absolute atomic E-state index is 12.6. The molecule has 2 aromatic rings. The van der Waals surface area contributed by atoms with Crippen LogP contribution >= 0.6 is 11.8 Å². The van der Waals surface area contributed by atoms with Crippen LogP contribution in [0.5, 0.6) is 0 Å². The average molecular weight is 395 g/mol. The van der Waals surface area contributed by atoms with Crippen molar-refractivity contribution in [2.24, 2.45) is 0 Å². The number of nitrogens with zero attached hydrogens (tertiary/aromatic N) is 2. The summed E-state index contributed by atoms with van der Waals surface area (Å²) in [5, 5.41) is 1.93. The second-order valence-electron chi connectivity index (χ2n) is 6.58. The molecular weight excluding hydrogens is 378 g/mol. The SMILES string of the molecule is Cc1cccc(NC2SC(=O)N(CCN3C(=O)c4ccccc4C3=O)C2=O)c1. The van der Waals surface area contributed by atoms with Gasteiger partial charge in [-0.15, -0.1) is 0 Å². The first-order valence-electron chi connectivity index (χ1n) is 8.76. The van der Waals surface area contributed by atoms with Gasteiger partial charge in [0.05, 0.1) is 11.1 Å². The molecule has 0 spiro atoms. The number of amides is 4. The van der Waals surface area contributed by atoms with Crippen LogP contribution in [0.1, 0.15) is 26.3 Å². The molecule has 2 heterocycles. The number of anilines is 1. The monoisotopic (exact) mass is 395 g/mol. The molecule has 28 heavy (non-hydrogen) atoms. The highest BCUT2D eigenvalue weighted by molar-refractivity contribution is 8.15. The van der Waals surface area contributed by atoms with E-state index in [1.165, 1.54) is 0 Å². The topological polar surface area (TPSA) is 86.8 Å². The fraction of sp³-hybridized carbons (Fsp3) is 0.200. The van der Waals surface area contributed by atoms with Crippen molar-refractivity contribution in [3.8, 4) is 0 Å². The van der Waals surface area contributed by atoms with Gasteiger partial charge >= 0.3 is 0 Å². The van der Waals surface area contributed by atoms with Crippen LogP contribution in [0.4, 0.5) is 10.5 Å². The van der Waals surface area contributed by atoms with Gasteiger partial charge in [-0.1, -0.05) is 24.3 Å². The molecule has 1 atom stereocenters. The van der Waals surface area contributed by atoms with E-state index in [1.807, 2.05) is 31.2 Å². The summed E-state index contributed by atoms with van der Waals surface area (Å²) in [4.78, 5) is 51.9. The van der Waals surface area contributed by atoms with E-state index in [0.29, 0.717) is 11.1 Å². The molecule has 0 bridgehead atoms. The van der Waals surface area contributed by atoms with Gasteiger partial charge in [0.1, 0.15) is 0 Å². The van der Waals surface area contributed by atoms with Gasteiger partial charge in [-0.3, -0.25) is 29.0 Å². The highest BCUT2D eigenvalue weighted by Crippen LogP contribution is 2.29. The molecule has 4 rings (SSSR count). The Kier molecular flexibility index (Phi) is 4.64. The molecule has 2 aliphatic heterocycles. The molecule has 0 aliphatic carbocycles. The lowest BCUT2D eigenvalue weighted by atomic mass is 10.1. The van der Waals surface area contributed by atoms with Crippen molar-refractivity contribution >= 4 is 40.4 Å². The summed E-state index contributed by atoms with van der Waals surface area (Å²) in [5.41, 5.74) is 2.48. The number of carbonyl (C=O) groups excluding carboxylic acids is 4. The first-order chi connectivity index (χ1) is 13.5. The van der Waals surface area contributed by atoms with E-state index >= 15 is 0 Å². The van der Waals surface area contributed by atoms with Gasteiger partial charge in [-0.05, 0) is 48.5 Å². The number of benzene rings is 2. The Morgan fingerprint density at radius 1 is 0.893 bits per heavy atom. The molecule has 4 amide bonds. The van der Waals surface area contributed by atoms with Crippen molar-refractivity contribution in [3.05, 3.63) is 65.2 Å². The minimum atomic E-state index is -0.725. The first kappa shape index (κ1) is 18.2. The Hall–Kier alpha value is -3.13. The zero-order valence-electron chi connectivity index (χ0n) is 15.0. The van der Waals surface area contributed by atoms with Gasteiger partial charge in [-0.25, -0.2) is 0 Å². The van der Waals surface area contributed by atoms with Crippen LogP contribution in [-0.2, 0) is 4.79 Å². The van der Waals surface area contributed by atoms with Crippen molar-refractivity contribution in [1.29, 1.82) is 0 Å². The predicted molar refractivity (Wildman–Crippen MR) is 105 cm³/mol. The number of nitrogens with one attached hydrogen (secondary N) is 1. The van der Waals surface area contributed by atoms with Crippen LogP contribution in [0.3, 0.4) is 0 Å². The number of fused-ring (bicyclic) bond motifs is 1. The molecule has 0 radical (unpaired) electrons. The largest absolute Gasteiger partial charge is 0.365 e. The zero-order valence-corrected chi connectivity index (χ0v) is 15.9. The molecule has 0 aromatic heterocycles. The minimum Gasteiger partial charge on any atom is -0.365 e. The summed E-state index contributed by atoms with van der Waals surface area (Å²) in [7, 11) is 0. The zero-order chi connectivity index (χ0) is 19.8. The second-order valence-corrected chi connectivity index (χ2v) is 7.63. The van der Waals surface area contributed by atoms with Crippen LogP contribution in [0.2, 0.25) is 0 Å². The molecule has 142 valence electrons. The smallest absolute Gasteiger partial charge is 0.290 e. The predicted octanol–water partition coefficient (Wildman–Crippen LogP) is 2.72. The molecule has 0 saturated carbocycles. The fourth-order valence-corrected chi connectivity index (χ4v) is 4.20. The fourth-order valence-electron chi connectivity index (χ4n) is 3.27. The molecule has 2 aromatic carbocycles. The maximum atomic E-state index is 12.6. The van der Waals surface area contributed by atoms with Crippen LogP contribution in [-0.4, -0.2) is 51.2 Å². The van der Waals surface area contributed by atoms with E-state index < -0.39 is 22.4 Å². The highest BCUT2D eigenvalue weighted by atomic mass is 32.2. The average Bonchev–Trinajstić information content (AvgIpc) is 3.08. The van der Waals surface area contributed by atoms with Crippen LogP contribution in [0.15, 0.2) is 48.5 Å². The van der Waals surface area contributed by atoms with E-state index in [9.17, 15) is 19.2 Å². The normalized spacial score (nSPS) is 18.8. The molecule has 7 nitrogen and oxygen atoms in total. The standard InChI is InChI=1S/C20H17N3O4S/c1-12-5-4-6-13(11-12)21-16-19(26)23(20(27)28-16)10-9-22-17(24)14-7-2-3-8-15(14)18(22)25/h2-8,11,16,21H,9-10H2,1H3. The lowest BCUT2D eigenvalue weighted by Gasteiger charge is -2.19. The summed E-state index contributed by atoms with van der Waals surface area (Å²) in [6.07, 6.45) is 0. The summed E-state index contributed by atoms with van der Waals surface area (Å²) in [6, 6.07) is 14.1. The van der Waals surface area contributed by atoms with Crippen LogP contribution in [0, 0.1) is 6.92 Å². The van der Waals surface area contributed by atoms with Crippen molar-refractivity contribution in [1.82, 2.24) is 9.80 Å². The number of carbonyl (C=O) groups is 4. The number of aryl methyl sites for hydroxylation is 1. The summed E-state index contributed by atoms with van der Waals surface area (Å²) in [6.45, 7) is 1.89. The maximum Gasteiger partial charge on any atom is 0.290 e. The summed E-state index contributed by atoms with van der Waals surface area (Å²) < 4.78 is 0. The van der Waals surface area contributed by atoms with Crippen molar-refractivity contribution in [2.45, 2.75) is 12.3 Å². The molecule has 2 aliphatic rings. The lowest BCUT2D eigenvalue weighted by molar-refractivity contribution is -0.126. The van der Waals surface area contributed by atoms with Crippen molar-refractivity contribution in [2.75, 3.05) is 18.4 Å². The van der Waals surface area contributed by atoms with Crippen molar-refractivity contribution < 1.29 is 19.2 Å². The van der Waals surface area contributed by atoms with E-state index in [2.05, 4.69) is 5.32 Å². The van der Waals surface area contributed by atoms with Gasteiger partial charge in [0.2, 0.25) is 0 Å². The van der Waals surface area contributed by atoms with Crippen LogP contribution in [0.25, 0.3) is 0 Å². The van der Waals surface area contributed by atoms with Gasteiger partial charge < -0.3 is 5.32 Å². The Morgan fingerprint density at radius 2 is 1.54 bits per heavy atom. The third-order valence-corrected chi connectivity index (χ3v) is 5.65.